The van der Waals surface area contributed by atoms with E-state index in [1.54, 1.807) is 28.2 Å². The lowest BCUT2D eigenvalue weighted by Gasteiger charge is -2.41. The van der Waals surface area contributed by atoms with Gasteiger partial charge < -0.3 is 20.1 Å². The maximum absolute atomic E-state index is 13.7. The van der Waals surface area contributed by atoms with Crippen LogP contribution >= 0.6 is 11.3 Å². The molecule has 37 heavy (non-hydrogen) atoms. The van der Waals surface area contributed by atoms with E-state index in [4.69, 9.17) is 4.74 Å². The molecule has 4 heterocycles. The van der Waals surface area contributed by atoms with Gasteiger partial charge in [-0.2, -0.15) is 5.10 Å². The average molecular weight is 524 g/mol. The summed E-state index contributed by atoms with van der Waals surface area (Å²) < 4.78 is 23.5. The van der Waals surface area contributed by atoms with Gasteiger partial charge in [-0.1, -0.05) is 17.3 Å². The molecule has 5 aromatic rings. The van der Waals surface area contributed by atoms with Crippen LogP contribution in [0.15, 0.2) is 55.0 Å². The van der Waals surface area contributed by atoms with E-state index >= 15 is 0 Å². The van der Waals surface area contributed by atoms with Crippen LogP contribution in [0.4, 0.5) is 4.39 Å². The third kappa shape index (κ3) is 4.20. The second-order valence-electron chi connectivity index (χ2n) is 8.76. The Labute approximate surface area is 213 Å². The van der Waals surface area contributed by atoms with Gasteiger partial charge in [0, 0.05) is 5.56 Å². The number of nitrogens with zero attached hydrogens (tertiary/aromatic N) is 7. The highest BCUT2D eigenvalue weighted by Gasteiger charge is 2.48. The molecule has 0 spiro atoms. The summed E-state index contributed by atoms with van der Waals surface area (Å²) in [5.74, 6) is -0.140. The highest BCUT2D eigenvalue weighted by Crippen LogP contribution is 2.38. The van der Waals surface area contributed by atoms with E-state index in [0.29, 0.717) is 16.9 Å². The Balaban J connectivity index is 1.37. The Morgan fingerprint density at radius 2 is 2.00 bits per heavy atom. The summed E-state index contributed by atoms with van der Waals surface area (Å²) in [6, 6.07) is 10.5. The summed E-state index contributed by atoms with van der Waals surface area (Å²) >= 11 is 1.55. The van der Waals surface area contributed by atoms with Crippen molar-refractivity contribution in [3.63, 3.8) is 0 Å². The van der Waals surface area contributed by atoms with Gasteiger partial charge >= 0.3 is 0 Å². The normalized spacial score (nSPS) is 24.1. The van der Waals surface area contributed by atoms with Crippen molar-refractivity contribution in [2.75, 3.05) is 6.61 Å². The van der Waals surface area contributed by atoms with Gasteiger partial charge in [-0.15, -0.1) is 16.4 Å². The van der Waals surface area contributed by atoms with Crippen molar-refractivity contribution in [1.82, 2.24) is 34.7 Å². The van der Waals surface area contributed by atoms with E-state index < -0.39 is 42.9 Å². The fourth-order valence-electron chi connectivity index (χ4n) is 4.63. The van der Waals surface area contributed by atoms with E-state index in [-0.39, 0.29) is 5.82 Å². The summed E-state index contributed by atoms with van der Waals surface area (Å²) in [6.45, 7) is 1.42. The molecule has 3 N–H and O–H groups in total. The Bertz CT molecular complexity index is 1570. The zero-order chi connectivity index (χ0) is 25.7. The maximum atomic E-state index is 13.7. The molecule has 190 valence electrons. The van der Waals surface area contributed by atoms with Crippen LogP contribution in [-0.4, -0.2) is 75.0 Å². The first-order valence-electron chi connectivity index (χ1n) is 11.5. The van der Waals surface area contributed by atoms with E-state index in [2.05, 4.69) is 25.4 Å². The van der Waals surface area contributed by atoms with Crippen LogP contribution in [0.5, 0.6) is 0 Å². The number of thiazole rings is 1. The van der Waals surface area contributed by atoms with Crippen molar-refractivity contribution in [2.24, 2.45) is 0 Å². The molecule has 5 atom stereocenters. The van der Waals surface area contributed by atoms with Crippen LogP contribution in [0.2, 0.25) is 0 Å². The van der Waals surface area contributed by atoms with Gasteiger partial charge in [0.2, 0.25) is 0 Å². The second kappa shape index (κ2) is 9.36. The Morgan fingerprint density at radius 3 is 2.81 bits per heavy atom. The molecule has 1 saturated heterocycles. The maximum Gasteiger partial charge on any atom is 0.163 e. The molecule has 11 nitrogen and oxygen atoms in total. The lowest BCUT2D eigenvalue weighted by atomic mass is 9.92. The Hall–Kier alpha value is -3.62. The molecular weight excluding hydrogens is 501 g/mol. The molecule has 0 aliphatic carbocycles. The summed E-state index contributed by atoms with van der Waals surface area (Å²) in [7, 11) is 0. The van der Waals surface area contributed by atoms with Crippen molar-refractivity contribution >= 4 is 21.6 Å². The fourth-order valence-corrected chi connectivity index (χ4v) is 5.49. The molecule has 3 aromatic heterocycles. The summed E-state index contributed by atoms with van der Waals surface area (Å²) in [5, 5.41) is 45.8. The number of aliphatic hydroxyl groups is 3. The van der Waals surface area contributed by atoms with Gasteiger partial charge in [-0.3, -0.25) is 0 Å². The lowest BCUT2D eigenvalue weighted by molar-refractivity contribution is -0.210. The largest absolute Gasteiger partial charge is 0.394 e. The predicted molar refractivity (Wildman–Crippen MR) is 130 cm³/mol. The highest BCUT2D eigenvalue weighted by molar-refractivity contribution is 7.18. The standard InChI is InChI=1S/C24H22FN7O4S/c1-12-28-16-6-5-15(8-19(16)37-12)32-24(26-11-27-32)23-22(35)20(21(34)18(10-33)36-23)31-9-17(29-30-31)13-3-2-4-14(25)7-13/h2-9,11,18,20-23,33-35H,10H2,1H3/t18-,20+,21+,22-,23-/m1/s1. The first kappa shape index (κ1) is 23.8. The number of fused-ring (bicyclic) bond motifs is 1. The molecule has 1 fully saturated rings. The topological polar surface area (TPSA) is 144 Å². The summed E-state index contributed by atoms with van der Waals surface area (Å²) in [4.78, 5) is 8.82. The molecule has 0 unspecified atom stereocenters. The quantitative estimate of drug-likeness (QED) is 0.315. The minimum absolute atomic E-state index is 0.286. The smallest absolute Gasteiger partial charge is 0.163 e. The van der Waals surface area contributed by atoms with Crippen LogP contribution in [0, 0.1) is 12.7 Å². The van der Waals surface area contributed by atoms with Crippen LogP contribution < -0.4 is 0 Å². The molecule has 0 saturated carbocycles. The molecule has 0 bridgehead atoms. The third-order valence-corrected chi connectivity index (χ3v) is 7.31. The zero-order valence-corrected chi connectivity index (χ0v) is 20.3. The number of rotatable bonds is 5. The van der Waals surface area contributed by atoms with Gasteiger partial charge in [0.25, 0.3) is 0 Å². The van der Waals surface area contributed by atoms with Gasteiger partial charge in [0.15, 0.2) is 5.82 Å². The van der Waals surface area contributed by atoms with Crippen molar-refractivity contribution in [3.05, 3.63) is 71.6 Å². The van der Waals surface area contributed by atoms with Crippen molar-refractivity contribution < 1.29 is 24.4 Å². The lowest BCUT2D eigenvalue weighted by Crippen LogP contribution is -2.53. The van der Waals surface area contributed by atoms with E-state index in [1.807, 2.05) is 25.1 Å². The Kier molecular flexibility index (Phi) is 6.01. The minimum Gasteiger partial charge on any atom is -0.394 e. The molecule has 0 radical (unpaired) electrons. The number of aliphatic hydroxyl groups excluding tert-OH is 3. The first-order valence-corrected chi connectivity index (χ1v) is 12.3. The van der Waals surface area contributed by atoms with Crippen molar-refractivity contribution in [2.45, 2.75) is 37.4 Å². The highest BCUT2D eigenvalue weighted by atomic mass is 32.1. The van der Waals surface area contributed by atoms with E-state index in [9.17, 15) is 19.7 Å². The number of benzene rings is 2. The molecule has 2 aromatic carbocycles. The molecule has 1 aliphatic heterocycles. The molecule has 1 aliphatic rings. The zero-order valence-electron chi connectivity index (χ0n) is 19.5. The molecule has 0 amide bonds. The number of hydrogen-bond donors (Lipinski definition) is 3. The number of aromatic nitrogens is 7. The number of hydrogen-bond acceptors (Lipinski definition) is 10. The van der Waals surface area contributed by atoms with Crippen LogP contribution in [0.3, 0.4) is 0 Å². The van der Waals surface area contributed by atoms with E-state index in [0.717, 1.165) is 15.2 Å². The molecule has 13 heteroatoms. The van der Waals surface area contributed by atoms with Crippen molar-refractivity contribution in [3.8, 4) is 16.9 Å². The molecule has 6 rings (SSSR count). The Morgan fingerprint density at radius 1 is 1.14 bits per heavy atom. The second-order valence-corrected chi connectivity index (χ2v) is 9.99. The summed E-state index contributed by atoms with van der Waals surface area (Å²) in [5.41, 5.74) is 2.41. The summed E-state index contributed by atoms with van der Waals surface area (Å²) in [6.07, 6.45) is -1.90. The third-order valence-electron chi connectivity index (χ3n) is 6.38. The van der Waals surface area contributed by atoms with Crippen LogP contribution in [0.1, 0.15) is 23.0 Å². The monoisotopic (exact) mass is 523 g/mol. The average Bonchev–Trinajstić information content (AvgIpc) is 3.63. The van der Waals surface area contributed by atoms with Crippen LogP contribution in [0.25, 0.3) is 27.2 Å². The van der Waals surface area contributed by atoms with Gasteiger partial charge in [0.1, 0.15) is 48.3 Å². The van der Waals surface area contributed by atoms with Gasteiger partial charge in [0.05, 0.1) is 33.7 Å². The number of halogens is 1. The number of aryl methyl sites for hydroxylation is 1. The minimum atomic E-state index is -1.34. The van der Waals surface area contributed by atoms with Gasteiger partial charge in [-0.05, 0) is 37.3 Å². The van der Waals surface area contributed by atoms with Crippen LogP contribution in [-0.2, 0) is 4.74 Å². The SMILES string of the molecule is Cc1nc2ccc(-n3ncnc3[C@@H]3O[C@H](CO)[C@H](O)[C@H](n4cc(-c5cccc(F)c5)nn4)[C@H]3O)cc2s1. The first-order chi connectivity index (χ1) is 17.9. The molecular formula is C24H22FN7O4S. The number of ether oxygens (including phenoxy) is 1. The van der Waals surface area contributed by atoms with E-state index in [1.165, 1.54) is 29.3 Å². The fraction of sp³-hybridized carbons (Fsp3) is 0.292. The predicted octanol–water partition coefficient (Wildman–Crippen LogP) is 1.98. The van der Waals surface area contributed by atoms with Crippen molar-refractivity contribution in [1.29, 1.82) is 0 Å². The van der Waals surface area contributed by atoms with Gasteiger partial charge in [-0.25, -0.2) is 23.7 Å².